The molecule has 138 valence electrons. The lowest BCUT2D eigenvalue weighted by Crippen LogP contribution is -2.29. The van der Waals surface area contributed by atoms with Crippen LogP contribution in [0.3, 0.4) is 0 Å². The summed E-state index contributed by atoms with van der Waals surface area (Å²) in [7, 11) is 4.03. The molecule has 1 saturated heterocycles. The summed E-state index contributed by atoms with van der Waals surface area (Å²) in [5.41, 5.74) is 7.45. The van der Waals surface area contributed by atoms with Crippen molar-refractivity contribution in [3.63, 3.8) is 0 Å². The molecule has 1 heterocycles. The molecule has 0 radical (unpaired) electrons. The van der Waals surface area contributed by atoms with Gasteiger partial charge in [0.25, 0.3) is 0 Å². The molecule has 2 nitrogen and oxygen atoms in total. The van der Waals surface area contributed by atoms with Crippen LogP contribution in [0.25, 0.3) is 0 Å². The molecule has 26 heavy (non-hydrogen) atoms. The highest BCUT2D eigenvalue weighted by Gasteiger charge is 2.27. The third kappa shape index (κ3) is 3.40. The Morgan fingerprint density at radius 1 is 1.08 bits per heavy atom. The number of nitrogens with zero attached hydrogens (tertiary/aromatic N) is 1. The molecule has 0 bridgehead atoms. The van der Waals surface area contributed by atoms with Crippen molar-refractivity contribution >= 4 is 0 Å². The highest BCUT2D eigenvalue weighted by atomic mass is 16.5. The molecule has 0 aromatic heterocycles. The van der Waals surface area contributed by atoms with Crippen LogP contribution in [0.2, 0.25) is 0 Å². The first-order valence-corrected chi connectivity index (χ1v) is 10.1. The minimum absolute atomic E-state index is 0.592. The van der Waals surface area contributed by atoms with Crippen LogP contribution in [0.4, 0.5) is 0 Å². The van der Waals surface area contributed by atoms with Gasteiger partial charge in [0.1, 0.15) is 5.75 Å². The number of piperidine rings is 1. The van der Waals surface area contributed by atoms with Crippen LogP contribution in [0.1, 0.15) is 58.9 Å². The first-order valence-electron chi connectivity index (χ1n) is 10.1. The summed E-state index contributed by atoms with van der Waals surface area (Å²) in [6, 6.07) is 13.8. The SMILES string of the molecule is COc1cccc2c1C(Cc1ccc(C3CCN(C)CC3)cc1C)CC2. The number of likely N-dealkylation sites (tertiary alicyclic amines) is 1. The molecule has 0 N–H and O–H groups in total. The highest BCUT2D eigenvalue weighted by Crippen LogP contribution is 2.41. The fourth-order valence-corrected chi connectivity index (χ4v) is 4.94. The molecule has 2 aromatic carbocycles. The number of aryl methyl sites for hydroxylation is 2. The Bertz CT molecular complexity index is 774. The molecule has 0 saturated carbocycles. The summed E-state index contributed by atoms with van der Waals surface area (Å²) in [6.45, 7) is 4.75. The van der Waals surface area contributed by atoms with E-state index in [9.17, 15) is 0 Å². The topological polar surface area (TPSA) is 12.5 Å². The first kappa shape index (κ1) is 17.6. The number of hydrogen-bond donors (Lipinski definition) is 0. The monoisotopic (exact) mass is 349 g/mol. The van der Waals surface area contributed by atoms with E-state index < -0.39 is 0 Å². The van der Waals surface area contributed by atoms with Crippen LogP contribution in [-0.2, 0) is 12.8 Å². The zero-order valence-electron chi connectivity index (χ0n) is 16.4. The molecule has 1 fully saturated rings. The zero-order chi connectivity index (χ0) is 18.1. The normalized spacial score (nSPS) is 21.0. The maximum atomic E-state index is 5.66. The summed E-state index contributed by atoms with van der Waals surface area (Å²) < 4.78 is 5.66. The molecule has 2 aliphatic rings. The third-order valence-corrected chi connectivity index (χ3v) is 6.57. The van der Waals surface area contributed by atoms with Crippen molar-refractivity contribution in [3.8, 4) is 5.75 Å². The third-order valence-electron chi connectivity index (χ3n) is 6.57. The van der Waals surface area contributed by atoms with Gasteiger partial charge in [-0.15, -0.1) is 0 Å². The fraction of sp³-hybridized carbons (Fsp3) is 0.500. The Kier molecular flexibility index (Phi) is 5.04. The van der Waals surface area contributed by atoms with E-state index in [2.05, 4.69) is 55.3 Å². The number of hydrogen-bond acceptors (Lipinski definition) is 2. The van der Waals surface area contributed by atoms with E-state index in [1.807, 2.05) is 0 Å². The molecule has 1 aliphatic carbocycles. The number of methoxy groups -OCH3 is 1. The van der Waals surface area contributed by atoms with E-state index in [1.54, 1.807) is 12.7 Å². The maximum absolute atomic E-state index is 5.66. The van der Waals surface area contributed by atoms with Gasteiger partial charge in [-0.3, -0.25) is 0 Å². The Labute approximate surface area is 158 Å². The van der Waals surface area contributed by atoms with Crippen LogP contribution < -0.4 is 4.74 Å². The number of fused-ring (bicyclic) bond motifs is 1. The van der Waals surface area contributed by atoms with Crippen molar-refractivity contribution in [1.29, 1.82) is 0 Å². The van der Waals surface area contributed by atoms with E-state index in [0.29, 0.717) is 5.92 Å². The van der Waals surface area contributed by atoms with Crippen molar-refractivity contribution in [3.05, 3.63) is 64.2 Å². The Morgan fingerprint density at radius 2 is 1.88 bits per heavy atom. The second kappa shape index (κ2) is 7.44. The Morgan fingerprint density at radius 3 is 2.62 bits per heavy atom. The van der Waals surface area contributed by atoms with Gasteiger partial charge >= 0.3 is 0 Å². The van der Waals surface area contributed by atoms with Crippen molar-refractivity contribution in [2.45, 2.75) is 50.9 Å². The molecule has 1 atom stereocenters. The van der Waals surface area contributed by atoms with Gasteiger partial charge < -0.3 is 9.64 Å². The van der Waals surface area contributed by atoms with Gasteiger partial charge in [0.2, 0.25) is 0 Å². The van der Waals surface area contributed by atoms with E-state index >= 15 is 0 Å². The van der Waals surface area contributed by atoms with Crippen molar-refractivity contribution < 1.29 is 4.74 Å². The van der Waals surface area contributed by atoms with E-state index in [1.165, 1.54) is 61.0 Å². The summed E-state index contributed by atoms with van der Waals surface area (Å²) >= 11 is 0. The lowest BCUT2D eigenvalue weighted by Gasteiger charge is -2.29. The minimum Gasteiger partial charge on any atom is -0.496 e. The Hall–Kier alpha value is -1.80. The lowest BCUT2D eigenvalue weighted by molar-refractivity contribution is 0.255. The van der Waals surface area contributed by atoms with E-state index in [-0.39, 0.29) is 0 Å². The van der Waals surface area contributed by atoms with Crippen LogP contribution in [0.15, 0.2) is 36.4 Å². The second-order valence-corrected chi connectivity index (χ2v) is 8.24. The molecule has 0 spiro atoms. The highest BCUT2D eigenvalue weighted by molar-refractivity contribution is 5.47. The number of benzene rings is 2. The summed E-state index contributed by atoms with van der Waals surface area (Å²) in [4.78, 5) is 2.45. The molecule has 1 unspecified atom stereocenters. The van der Waals surface area contributed by atoms with Crippen LogP contribution in [-0.4, -0.2) is 32.1 Å². The van der Waals surface area contributed by atoms with Gasteiger partial charge in [-0.25, -0.2) is 0 Å². The molecular weight excluding hydrogens is 318 g/mol. The molecule has 1 aliphatic heterocycles. The van der Waals surface area contributed by atoms with E-state index in [0.717, 1.165) is 18.1 Å². The van der Waals surface area contributed by atoms with Crippen LogP contribution >= 0.6 is 0 Å². The van der Waals surface area contributed by atoms with Crippen molar-refractivity contribution in [2.24, 2.45) is 0 Å². The number of rotatable bonds is 4. The molecule has 0 amide bonds. The van der Waals surface area contributed by atoms with Crippen molar-refractivity contribution in [1.82, 2.24) is 4.90 Å². The Balaban J connectivity index is 1.52. The average Bonchev–Trinajstić information content (AvgIpc) is 3.07. The fourth-order valence-electron chi connectivity index (χ4n) is 4.94. The maximum Gasteiger partial charge on any atom is 0.122 e. The largest absolute Gasteiger partial charge is 0.496 e. The minimum atomic E-state index is 0.592. The molecule has 2 heteroatoms. The van der Waals surface area contributed by atoms with Gasteiger partial charge in [-0.05, 0) is 99.3 Å². The van der Waals surface area contributed by atoms with Gasteiger partial charge in [0.05, 0.1) is 7.11 Å². The lowest BCUT2D eigenvalue weighted by atomic mass is 9.85. The molecule has 2 aromatic rings. The van der Waals surface area contributed by atoms with Crippen LogP contribution in [0, 0.1) is 6.92 Å². The summed E-state index contributed by atoms with van der Waals surface area (Å²) in [6.07, 6.45) is 6.15. The van der Waals surface area contributed by atoms with E-state index in [4.69, 9.17) is 4.74 Å². The van der Waals surface area contributed by atoms with Gasteiger partial charge in [-0.2, -0.15) is 0 Å². The van der Waals surface area contributed by atoms with Crippen molar-refractivity contribution in [2.75, 3.05) is 27.2 Å². The predicted molar refractivity (Wildman–Crippen MR) is 108 cm³/mol. The molecule has 4 rings (SSSR count). The summed E-state index contributed by atoms with van der Waals surface area (Å²) in [5.74, 6) is 2.41. The second-order valence-electron chi connectivity index (χ2n) is 8.24. The smallest absolute Gasteiger partial charge is 0.122 e. The van der Waals surface area contributed by atoms with Gasteiger partial charge in [0.15, 0.2) is 0 Å². The predicted octanol–water partition coefficient (Wildman–Crippen LogP) is 5.09. The standard InChI is InChI=1S/C24H31NO/c1-17-15-21(18-11-13-25(2)14-12-18)9-8-20(17)16-22-10-7-19-5-4-6-23(26-3)24(19)22/h4-6,8-9,15,18,22H,7,10-14,16H2,1-3H3. The van der Waals surface area contributed by atoms with Gasteiger partial charge in [-0.1, -0.05) is 30.3 Å². The average molecular weight is 350 g/mol. The van der Waals surface area contributed by atoms with Crippen LogP contribution in [0.5, 0.6) is 5.75 Å². The zero-order valence-corrected chi connectivity index (χ0v) is 16.4. The van der Waals surface area contributed by atoms with Gasteiger partial charge in [0, 0.05) is 5.56 Å². The number of ether oxygens (including phenoxy) is 1. The quantitative estimate of drug-likeness (QED) is 0.763. The first-order chi connectivity index (χ1) is 12.7. The summed E-state index contributed by atoms with van der Waals surface area (Å²) in [5, 5.41) is 0. The molecular formula is C24H31NO.